The molecule has 0 radical (unpaired) electrons. The van der Waals surface area contributed by atoms with Crippen LogP contribution < -0.4 is 10.9 Å². The zero-order valence-corrected chi connectivity index (χ0v) is 13.3. The Morgan fingerprint density at radius 2 is 2.05 bits per heavy atom. The van der Waals surface area contributed by atoms with Gasteiger partial charge >= 0.3 is 0 Å². The van der Waals surface area contributed by atoms with E-state index in [0.29, 0.717) is 5.82 Å². The lowest BCUT2D eigenvalue weighted by molar-refractivity contribution is -0.122. The van der Waals surface area contributed by atoms with Crippen molar-refractivity contribution < 1.29 is 4.79 Å². The number of amides is 1. The average Bonchev–Trinajstić information content (AvgIpc) is 2.80. The average molecular weight is 303 g/mol. The molecule has 0 saturated carbocycles. The number of carbonyl (C=O) groups is 1. The Bertz CT molecular complexity index is 732. The fraction of sp³-hybridized carbons (Fsp3) is 0.467. The van der Waals surface area contributed by atoms with Crippen LogP contribution in [0.1, 0.15) is 31.7 Å². The molecule has 0 aliphatic heterocycles. The normalized spacial score (nSPS) is 12.2. The van der Waals surface area contributed by atoms with E-state index in [1.807, 2.05) is 33.8 Å². The molecule has 0 spiro atoms. The maximum Gasteiger partial charge on any atom is 0.267 e. The molecule has 7 nitrogen and oxygen atoms in total. The van der Waals surface area contributed by atoms with E-state index < -0.39 is 0 Å². The molecule has 0 bridgehead atoms. The number of carbonyl (C=O) groups excluding carboxylic acids is 1. The lowest BCUT2D eigenvalue weighted by Crippen LogP contribution is -2.38. The highest BCUT2D eigenvalue weighted by Gasteiger charge is 2.11. The maximum absolute atomic E-state index is 11.9. The number of nitrogens with one attached hydrogen (secondary N) is 1. The molecule has 2 aromatic rings. The molecule has 7 heteroatoms. The van der Waals surface area contributed by atoms with Crippen molar-refractivity contribution in [3.8, 4) is 5.82 Å². The van der Waals surface area contributed by atoms with E-state index in [9.17, 15) is 9.59 Å². The van der Waals surface area contributed by atoms with E-state index in [1.165, 1.54) is 6.07 Å². The molecule has 1 atom stereocenters. The van der Waals surface area contributed by atoms with Crippen LogP contribution in [0.4, 0.5) is 0 Å². The van der Waals surface area contributed by atoms with Gasteiger partial charge in [0.05, 0.1) is 5.69 Å². The van der Waals surface area contributed by atoms with Crippen molar-refractivity contribution in [3.63, 3.8) is 0 Å². The van der Waals surface area contributed by atoms with Crippen molar-refractivity contribution in [2.75, 3.05) is 0 Å². The lowest BCUT2D eigenvalue weighted by atomic mass is 10.2. The first-order valence-corrected chi connectivity index (χ1v) is 7.32. The highest BCUT2D eigenvalue weighted by atomic mass is 16.2. The zero-order chi connectivity index (χ0) is 16.3. The zero-order valence-electron chi connectivity index (χ0n) is 13.3. The van der Waals surface area contributed by atoms with Crippen LogP contribution in [-0.4, -0.2) is 31.5 Å². The largest absolute Gasteiger partial charge is 0.352 e. The summed E-state index contributed by atoms with van der Waals surface area (Å²) in [5.74, 6) is 0.288. The van der Waals surface area contributed by atoms with Crippen LogP contribution >= 0.6 is 0 Å². The van der Waals surface area contributed by atoms with Gasteiger partial charge in [0, 0.05) is 17.8 Å². The van der Waals surface area contributed by atoms with Crippen LogP contribution in [0.25, 0.3) is 5.82 Å². The molecule has 0 fully saturated rings. The number of aryl methyl sites for hydroxylation is 2. The van der Waals surface area contributed by atoms with Crippen molar-refractivity contribution in [2.45, 2.75) is 46.7 Å². The van der Waals surface area contributed by atoms with Crippen molar-refractivity contribution in [3.05, 3.63) is 39.9 Å². The van der Waals surface area contributed by atoms with E-state index in [2.05, 4.69) is 15.5 Å². The summed E-state index contributed by atoms with van der Waals surface area (Å²) >= 11 is 0. The number of hydrogen-bond donors (Lipinski definition) is 1. The minimum Gasteiger partial charge on any atom is -0.352 e. The molecular formula is C15H21N5O2. The first-order chi connectivity index (χ1) is 10.4. The van der Waals surface area contributed by atoms with Crippen LogP contribution in [0.15, 0.2) is 23.0 Å². The fourth-order valence-corrected chi connectivity index (χ4v) is 2.08. The Hall–Kier alpha value is -2.44. The minimum atomic E-state index is -0.315. The summed E-state index contributed by atoms with van der Waals surface area (Å²) in [5.41, 5.74) is 1.47. The van der Waals surface area contributed by atoms with E-state index in [-0.39, 0.29) is 24.1 Å². The number of rotatable bonds is 5. The van der Waals surface area contributed by atoms with Crippen LogP contribution in [0.3, 0.4) is 0 Å². The summed E-state index contributed by atoms with van der Waals surface area (Å²) in [7, 11) is 0. The molecule has 2 aromatic heterocycles. The molecule has 0 aromatic carbocycles. The van der Waals surface area contributed by atoms with E-state index >= 15 is 0 Å². The molecule has 2 heterocycles. The molecule has 1 N–H and O–H groups in total. The van der Waals surface area contributed by atoms with Gasteiger partial charge < -0.3 is 5.32 Å². The summed E-state index contributed by atoms with van der Waals surface area (Å²) in [6.45, 7) is 7.60. The predicted molar refractivity (Wildman–Crippen MR) is 83.0 cm³/mol. The molecule has 0 aliphatic rings. The molecule has 22 heavy (non-hydrogen) atoms. The Labute approximate surface area is 129 Å². The Morgan fingerprint density at radius 1 is 1.32 bits per heavy atom. The fourth-order valence-electron chi connectivity index (χ4n) is 2.08. The van der Waals surface area contributed by atoms with Crippen molar-refractivity contribution in [1.29, 1.82) is 0 Å². The second-order valence-electron chi connectivity index (χ2n) is 5.40. The highest BCUT2D eigenvalue weighted by molar-refractivity contribution is 5.75. The van der Waals surface area contributed by atoms with E-state index in [1.54, 1.807) is 10.7 Å². The summed E-state index contributed by atoms with van der Waals surface area (Å²) in [6, 6.07) is 5.00. The van der Waals surface area contributed by atoms with Crippen molar-refractivity contribution >= 4 is 5.91 Å². The third-order valence-electron chi connectivity index (χ3n) is 3.39. The van der Waals surface area contributed by atoms with Gasteiger partial charge in [-0.3, -0.25) is 9.59 Å². The molecule has 0 unspecified atom stereocenters. The maximum atomic E-state index is 11.9. The van der Waals surface area contributed by atoms with Crippen LogP contribution in [0.2, 0.25) is 0 Å². The topological polar surface area (TPSA) is 81.8 Å². The SMILES string of the molecule is CC[C@@H](C)NC(=O)Cn1nc(-n2nc(C)cc2C)ccc1=O. The third kappa shape index (κ3) is 3.60. The highest BCUT2D eigenvalue weighted by Crippen LogP contribution is 2.07. The van der Waals surface area contributed by atoms with Crippen LogP contribution in [0, 0.1) is 13.8 Å². The summed E-state index contributed by atoms with van der Waals surface area (Å²) in [4.78, 5) is 23.8. The van der Waals surface area contributed by atoms with Crippen molar-refractivity contribution in [1.82, 2.24) is 24.9 Å². The number of hydrogen-bond acceptors (Lipinski definition) is 4. The second kappa shape index (κ2) is 6.55. The summed E-state index contributed by atoms with van der Waals surface area (Å²) in [5, 5.41) is 11.4. The Kier molecular flexibility index (Phi) is 4.75. The van der Waals surface area contributed by atoms with Crippen LogP contribution in [-0.2, 0) is 11.3 Å². The third-order valence-corrected chi connectivity index (χ3v) is 3.39. The minimum absolute atomic E-state index is 0.0717. The Balaban J connectivity index is 2.26. The molecule has 0 aliphatic carbocycles. The predicted octanol–water partition coefficient (Wildman–Crippen LogP) is 0.961. The van der Waals surface area contributed by atoms with Gasteiger partial charge in [0.2, 0.25) is 5.91 Å². The molecular weight excluding hydrogens is 282 g/mol. The van der Waals surface area contributed by atoms with Gasteiger partial charge in [-0.15, -0.1) is 5.10 Å². The number of aromatic nitrogens is 4. The first kappa shape index (κ1) is 15.9. The molecule has 0 saturated heterocycles. The standard InChI is InChI=1S/C15H21N5O2/c1-5-10(2)16-14(21)9-19-15(22)7-6-13(18-19)20-12(4)8-11(3)17-20/h6-8,10H,5,9H2,1-4H3,(H,16,21)/t10-/m1/s1. The van der Waals surface area contributed by atoms with Crippen LogP contribution in [0.5, 0.6) is 0 Å². The molecule has 118 valence electrons. The van der Waals surface area contributed by atoms with Gasteiger partial charge in [-0.05, 0) is 39.3 Å². The Morgan fingerprint density at radius 3 is 2.64 bits per heavy atom. The lowest BCUT2D eigenvalue weighted by Gasteiger charge is -2.12. The smallest absolute Gasteiger partial charge is 0.267 e. The van der Waals surface area contributed by atoms with E-state index in [0.717, 1.165) is 22.5 Å². The van der Waals surface area contributed by atoms with E-state index in [4.69, 9.17) is 0 Å². The van der Waals surface area contributed by atoms with Gasteiger partial charge in [-0.2, -0.15) is 5.10 Å². The molecule has 1 amide bonds. The summed E-state index contributed by atoms with van der Waals surface area (Å²) in [6.07, 6.45) is 0.833. The quantitative estimate of drug-likeness (QED) is 0.892. The van der Waals surface area contributed by atoms with Gasteiger partial charge in [-0.25, -0.2) is 9.36 Å². The number of nitrogens with zero attached hydrogens (tertiary/aromatic N) is 4. The van der Waals surface area contributed by atoms with Gasteiger partial charge in [-0.1, -0.05) is 6.92 Å². The van der Waals surface area contributed by atoms with Gasteiger partial charge in [0.15, 0.2) is 5.82 Å². The summed E-state index contributed by atoms with van der Waals surface area (Å²) < 4.78 is 2.81. The van der Waals surface area contributed by atoms with Gasteiger partial charge in [0.25, 0.3) is 5.56 Å². The van der Waals surface area contributed by atoms with Gasteiger partial charge in [0.1, 0.15) is 6.54 Å². The second-order valence-corrected chi connectivity index (χ2v) is 5.40. The monoisotopic (exact) mass is 303 g/mol. The first-order valence-electron chi connectivity index (χ1n) is 7.32. The molecule has 2 rings (SSSR count). The van der Waals surface area contributed by atoms with Crippen molar-refractivity contribution in [2.24, 2.45) is 0 Å².